The van der Waals surface area contributed by atoms with E-state index in [1.807, 2.05) is 24.4 Å². The summed E-state index contributed by atoms with van der Waals surface area (Å²) in [7, 11) is 0. The standard InChI is InChI=1S/C21H22N4O3/c1-3-15(2)24-14-17(18-9-5-7-11-20(18)24)13-22-23-21(26)12-16-8-4-6-10-19(16)25(27)28/h4-11,13-15H,3,12H2,1-2H3,(H,23,26)/b22-13+/t15-/m1/s1. The minimum atomic E-state index is -0.490. The number of para-hydroxylation sites is 2. The van der Waals surface area contributed by atoms with Crippen LogP contribution in [0.1, 0.15) is 37.4 Å². The first-order valence-corrected chi connectivity index (χ1v) is 9.15. The zero-order chi connectivity index (χ0) is 20.1. The molecule has 7 heteroatoms. The summed E-state index contributed by atoms with van der Waals surface area (Å²) in [6, 6.07) is 14.6. The molecule has 1 aromatic heterocycles. The number of carbonyl (C=O) groups excluding carboxylic acids is 1. The van der Waals surface area contributed by atoms with E-state index in [-0.39, 0.29) is 12.1 Å². The van der Waals surface area contributed by atoms with Gasteiger partial charge in [-0.3, -0.25) is 14.9 Å². The van der Waals surface area contributed by atoms with Gasteiger partial charge in [0, 0.05) is 40.3 Å². The van der Waals surface area contributed by atoms with Crippen molar-refractivity contribution in [3.05, 3.63) is 76.0 Å². The van der Waals surface area contributed by atoms with E-state index in [9.17, 15) is 14.9 Å². The van der Waals surface area contributed by atoms with Crippen LogP contribution in [-0.2, 0) is 11.2 Å². The first kappa shape index (κ1) is 19.3. The van der Waals surface area contributed by atoms with Crippen molar-refractivity contribution >= 4 is 28.7 Å². The molecule has 3 rings (SSSR count). The van der Waals surface area contributed by atoms with E-state index in [2.05, 4.69) is 35.0 Å². The van der Waals surface area contributed by atoms with Crippen LogP contribution >= 0.6 is 0 Å². The van der Waals surface area contributed by atoms with E-state index < -0.39 is 10.8 Å². The Labute approximate surface area is 162 Å². The van der Waals surface area contributed by atoms with E-state index in [0.29, 0.717) is 11.6 Å². The van der Waals surface area contributed by atoms with Gasteiger partial charge >= 0.3 is 0 Å². The maximum absolute atomic E-state index is 12.1. The number of hydrogen-bond acceptors (Lipinski definition) is 4. The number of carbonyl (C=O) groups is 1. The minimum Gasteiger partial charge on any atom is -0.344 e. The Morgan fingerprint density at radius 3 is 2.71 bits per heavy atom. The third-order valence-electron chi connectivity index (χ3n) is 4.77. The molecule has 0 saturated carbocycles. The smallest absolute Gasteiger partial charge is 0.273 e. The van der Waals surface area contributed by atoms with E-state index in [1.165, 1.54) is 6.07 Å². The molecule has 28 heavy (non-hydrogen) atoms. The summed E-state index contributed by atoms with van der Waals surface area (Å²) in [5.41, 5.74) is 4.77. The van der Waals surface area contributed by atoms with Crippen LogP contribution in [0.25, 0.3) is 10.9 Å². The van der Waals surface area contributed by atoms with Crippen LogP contribution in [0, 0.1) is 10.1 Å². The molecular weight excluding hydrogens is 356 g/mol. The summed E-state index contributed by atoms with van der Waals surface area (Å²) in [4.78, 5) is 22.7. The Balaban J connectivity index is 1.75. The second-order valence-corrected chi connectivity index (χ2v) is 6.62. The number of nitrogens with zero attached hydrogens (tertiary/aromatic N) is 3. The number of nitrogens with one attached hydrogen (secondary N) is 1. The maximum Gasteiger partial charge on any atom is 0.273 e. The molecule has 0 bridgehead atoms. The fraction of sp³-hybridized carbons (Fsp3) is 0.238. The summed E-state index contributed by atoms with van der Waals surface area (Å²) in [5.74, 6) is -0.406. The summed E-state index contributed by atoms with van der Waals surface area (Å²) >= 11 is 0. The van der Waals surface area contributed by atoms with Gasteiger partial charge in [-0.15, -0.1) is 0 Å². The molecule has 0 aliphatic carbocycles. The van der Waals surface area contributed by atoms with Crippen molar-refractivity contribution in [3.63, 3.8) is 0 Å². The van der Waals surface area contributed by atoms with Gasteiger partial charge in [-0.05, 0) is 19.4 Å². The topological polar surface area (TPSA) is 89.5 Å². The number of amides is 1. The van der Waals surface area contributed by atoms with Gasteiger partial charge in [0.05, 0.1) is 17.6 Å². The second kappa shape index (κ2) is 8.47. The highest BCUT2D eigenvalue weighted by molar-refractivity contribution is 5.99. The fourth-order valence-corrected chi connectivity index (χ4v) is 3.12. The van der Waals surface area contributed by atoms with Crippen molar-refractivity contribution in [2.24, 2.45) is 5.10 Å². The Hall–Kier alpha value is -3.48. The van der Waals surface area contributed by atoms with Gasteiger partial charge in [-0.1, -0.05) is 43.3 Å². The third-order valence-corrected chi connectivity index (χ3v) is 4.77. The van der Waals surface area contributed by atoms with Crippen LogP contribution < -0.4 is 5.43 Å². The number of nitro benzene ring substituents is 1. The van der Waals surface area contributed by atoms with Crippen LogP contribution in [0.4, 0.5) is 5.69 Å². The van der Waals surface area contributed by atoms with Gasteiger partial charge < -0.3 is 4.57 Å². The molecule has 144 valence electrons. The molecule has 0 saturated heterocycles. The van der Waals surface area contributed by atoms with Crippen LogP contribution in [0.15, 0.2) is 59.8 Å². The summed E-state index contributed by atoms with van der Waals surface area (Å²) in [6.07, 6.45) is 4.53. The average Bonchev–Trinajstić information content (AvgIpc) is 3.06. The molecule has 0 fully saturated rings. The first-order valence-electron chi connectivity index (χ1n) is 9.15. The number of rotatable bonds is 7. The third kappa shape index (κ3) is 4.09. The van der Waals surface area contributed by atoms with Crippen LogP contribution in [0.3, 0.4) is 0 Å². The van der Waals surface area contributed by atoms with Crippen molar-refractivity contribution in [1.82, 2.24) is 9.99 Å². The number of hydrazone groups is 1. The van der Waals surface area contributed by atoms with E-state index in [4.69, 9.17) is 0 Å². The molecule has 1 atom stereocenters. The molecule has 1 amide bonds. The van der Waals surface area contributed by atoms with Crippen molar-refractivity contribution in [1.29, 1.82) is 0 Å². The van der Waals surface area contributed by atoms with Gasteiger partial charge in [-0.25, -0.2) is 5.43 Å². The van der Waals surface area contributed by atoms with Gasteiger partial charge in [0.1, 0.15) is 0 Å². The molecule has 0 unspecified atom stereocenters. The highest BCUT2D eigenvalue weighted by Crippen LogP contribution is 2.25. The zero-order valence-corrected chi connectivity index (χ0v) is 15.8. The lowest BCUT2D eigenvalue weighted by Gasteiger charge is -2.12. The predicted octanol–water partition coefficient (Wildman–Crippen LogP) is 4.21. The lowest BCUT2D eigenvalue weighted by molar-refractivity contribution is -0.385. The largest absolute Gasteiger partial charge is 0.344 e. The van der Waals surface area contributed by atoms with Gasteiger partial charge in [0.25, 0.3) is 5.69 Å². The minimum absolute atomic E-state index is 0.0711. The summed E-state index contributed by atoms with van der Waals surface area (Å²) in [6.45, 7) is 4.29. The van der Waals surface area contributed by atoms with E-state index >= 15 is 0 Å². The predicted molar refractivity (Wildman–Crippen MR) is 109 cm³/mol. The van der Waals surface area contributed by atoms with Gasteiger partial charge in [0.2, 0.25) is 5.91 Å². The van der Waals surface area contributed by atoms with Crippen molar-refractivity contribution < 1.29 is 9.72 Å². The summed E-state index contributed by atoms with van der Waals surface area (Å²) in [5, 5.41) is 16.2. The monoisotopic (exact) mass is 378 g/mol. The highest BCUT2D eigenvalue weighted by Gasteiger charge is 2.15. The second-order valence-electron chi connectivity index (χ2n) is 6.62. The molecule has 3 aromatic rings. The highest BCUT2D eigenvalue weighted by atomic mass is 16.6. The van der Waals surface area contributed by atoms with Gasteiger partial charge in [0.15, 0.2) is 0 Å². The van der Waals surface area contributed by atoms with Crippen molar-refractivity contribution in [2.75, 3.05) is 0 Å². The maximum atomic E-state index is 12.1. The number of nitro groups is 1. The van der Waals surface area contributed by atoms with Gasteiger partial charge in [-0.2, -0.15) is 5.10 Å². The fourth-order valence-electron chi connectivity index (χ4n) is 3.12. The van der Waals surface area contributed by atoms with Crippen LogP contribution in [0.5, 0.6) is 0 Å². The lowest BCUT2D eigenvalue weighted by atomic mass is 10.1. The Bertz CT molecular complexity index is 1040. The molecule has 7 nitrogen and oxygen atoms in total. The molecule has 2 aromatic carbocycles. The molecule has 1 heterocycles. The lowest BCUT2D eigenvalue weighted by Crippen LogP contribution is -2.20. The molecule has 0 radical (unpaired) electrons. The Kier molecular flexibility index (Phi) is 5.84. The number of aromatic nitrogens is 1. The molecule has 0 aliphatic rings. The number of benzene rings is 2. The number of hydrogen-bond donors (Lipinski definition) is 1. The Morgan fingerprint density at radius 2 is 1.96 bits per heavy atom. The molecule has 0 spiro atoms. The SMILES string of the molecule is CC[C@@H](C)n1cc(/C=N/NC(=O)Cc2ccccc2[N+](=O)[O-])c2ccccc21. The number of fused-ring (bicyclic) bond motifs is 1. The molecular formula is C21H22N4O3. The van der Waals surface area contributed by atoms with E-state index in [1.54, 1.807) is 24.4 Å². The van der Waals surface area contributed by atoms with Crippen molar-refractivity contribution in [2.45, 2.75) is 32.7 Å². The van der Waals surface area contributed by atoms with Crippen molar-refractivity contribution in [3.8, 4) is 0 Å². The van der Waals surface area contributed by atoms with Crippen LogP contribution in [0.2, 0.25) is 0 Å². The van der Waals surface area contributed by atoms with Crippen LogP contribution in [-0.4, -0.2) is 21.6 Å². The quantitative estimate of drug-likeness (QED) is 0.379. The average molecular weight is 378 g/mol. The van der Waals surface area contributed by atoms with E-state index in [0.717, 1.165) is 22.9 Å². The normalized spacial score (nSPS) is 12.4. The molecule has 1 N–H and O–H groups in total. The first-order chi connectivity index (χ1) is 13.5. The zero-order valence-electron chi connectivity index (χ0n) is 15.8. The Morgan fingerprint density at radius 1 is 1.25 bits per heavy atom. The summed E-state index contributed by atoms with van der Waals surface area (Å²) < 4.78 is 2.20. The molecule has 0 aliphatic heterocycles.